The predicted octanol–water partition coefficient (Wildman–Crippen LogP) is 2.99. The molecular weight excluding hydrogens is 252 g/mol. The summed E-state index contributed by atoms with van der Waals surface area (Å²) >= 11 is 0. The monoisotopic (exact) mass is 270 g/mol. The predicted molar refractivity (Wildman–Crippen MR) is 77.2 cm³/mol. The van der Waals surface area contributed by atoms with Crippen LogP contribution < -0.4 is 0 Å². The van der Waals surface area contributed by atoms with Gasteiger partial charge in [0, 0.05) is 0 Å². The minimum absolute atomic E-state index is 0.269. The first-order valence-corrected chi connectivity index (χ1v) is 6.61. The zero-order chi connectivity index (χ0) is 14.0. The first-order valence-electron chi connectivity index (χ1n) is 6.61. The second kappa shape index (κ2) is 8.25. The molecule has 2 aromatic carbocycles. The highest BCUT2D eigenvalue weighted by Gasteiger charge is 2.08. The van der Waals surface area contributed by atoms with Crippen LogP contribution in [0.4, 0.5) is 0 Å². The molecule has 0 N–H and O–H groups in total. The van der Waals surface area contributed by atoms with Crippen molar-refractivity contribution in [3.63, 3.8) is 0 Å². The van der Waals surface area contributed by atoms with Gasteiger partial charge in [-0.25, -0.2) is 0 Å². The lowest BCUT2D eigenvalue weighted by Gasteiger charge is -2.12. The average Bonchev–Trinajstić information content (AvgIpc) is 2.52. The number of aldehydes is 1. The third-order valence-corrected chi connectivity index (χ3v) is 2.85. The Morgan fingerprint density at radius 1 is 0.850 bits per heavy atom. The van der Waals surface area contributed by atoms with Crippen molar-refractivity contribution in [3.05, 3.63) is 71.8 Å². The highest BCUT2D eigenvalue weighted by molar-refractivity contribution is 5.56. The maximum Gasteiger partial charge on any atom is 0.151 e. The maximum absolute atomic E-state index is 11.0. The van der Waals surface area contributed by atoms with E-state index in [1.54, 1.807) is 0 Å². The zero-order valence-electron chi connectivity index (χ0n) is 11.3. The molecule has 20 heavy (non-hydrogen) atoms. The van der Waals surface area contributed by atoms with Crippen molar-refractivity contribution in [2.75, 3.05) is 6.61 Å². The van der Waals surface area contributed by atoms with Gasteiger partial charge in [-0.05, 0) is 11.1 Å². The van der Waals surface area contributed by atoms with Crippen molar-refractivity contribution in [2.45, 2.75) is 19.3 Å². The minimum Gasteiger partial charge on any atom is -0.374 e. The average molecular weight is 270 g/mol. The summed E-state index contributed by atoms with van der Waals surface area (Å²) in [6, 6.07) is 19.6. The van der Waals surface area contributed by atoms with Crippen LogP contribution in [0.15, 0.2) is 60.7 Å². The van der Waals surface area contributed by atoms with Crippen molar-refractivity contribution in [1.29, 1.82) is 0 Å². The zero-order valence-corrected chi connectivity index (χ0v) is 11.3. The molecule has 0 radical (unpaired) electrons. The van der Waals surface area contributed by atoms with E-state index in [0.29, 0.717) is 13.2 Å². The molecule has 0 bridgehead atoms. The first-order chi connectivity index (χ1) is 9.88. The summed E-state index contributed by atoms with van der Waals surface area (Å²) in [5.74, 6) is 0. The minimum atomic E-state index is -0.529. The number of carbonyl (C=O) groups is 1. The van der Waals surface area contributed by atoms with Crippen molar-refractivity contribution < 1.29 is 14.3 Å². The SMILES string of the molecule is O=C[C@@H](COCc1ccccc1)OCc1ccccc1. The Morgan fingerprint density at radius 2 is 1.40 bits per heavy atom. The third-order valence-electron chi connectivity index (χ3n) is 2.85. The van der Waals surface area contributed by atoms with Crippen LogP contribution in [0.2, 0.25) is 0 Å². The van der Waals surface area contributed by atoms with Crippen molar-refractivity contribution >= 4 is 6.29 Å². The number of rotatable bonds is 8. The van der Waals surface area contributed by atoms with Gasteiger partial charge in [0.2, 0.25) is 0 Å². The van der Waals surface area contributed by atoms with Crippen molar-refractivity contribution in [1.82, 2.24) is 0 Å². The van der Waals surface area contributed by atoms with E-state index in [2.05, 4.69) is 0 Å². The molecule has 3 heteroatoms. The summed E-state index contributed by atoms with van der Waals surface area (Å²) in [6.45, 7) is 1.17. The molecule has 0 heterocycles. The second-order valence-electron chi connectivity index (χ2n) is 4.47. The molecule has 0 spiro atoms. The summed E-state index contributed by atoms with van der Waals surface area (Å²) in [6.07, 6.45) is 0.257. The molecule has 2 aromatic rings. The van der Waals surface area contributed by atoms with Crippen LogP contribution >= 0.6 is 0 Å². The quantitative estimate of drug-likeness (QED) is 0.692. The van der Waals surface area contributed by atoms with Gasteiger partial charge in [0.05, 0.1) is 19.8 Å². The Bertz CT molecular complexity index is 496. The van der Waals surface area contributed by atoms with Crippen LogP contribution in [0.1, 0.15) is 11.1 Å². The molecule has 0 aliphatic heterocycles. The van der Waals surface area contributed by atoms with Crippen LogP contribution in [0.3, 0.4) is 0 Å². The largest absolute Gasteiger partial charge is 0.374 e. The molecule has 2 rings (SSSR count). The van der Waals surface area contributed by atoms with Gasteiger partial charge in [-0.3, -0.25) is 0 Å². The summed E-state index contributed by atoms with van der Waals surface area (Å²) in [5.41, 5.74) is 2.13. The Morgan fingerprint density at radius 3 is 1.95 bits per heavy atom. The van der Waals surface area contributed by atoms with Gasteiger partial charge < -0.3 is 14.3 Å². The van der Waals surface area contributed by atoms with Gasteiger partial charge in [-0.15, -0.1) is 0 Å². The topological polar surface area (TPSA) is 35.5 Å². The van der Waals surface area contributed by atoms with Gasteiger partial charge in [0.1, 0.15) is 6.10 Å². The van der Waals surface area contributed by atoms with E-state index in [1.165, 1.54) is 0 Å². The molecule has 0 unspecified atom stereocenters. The van der Waals surface area contributed by atoms with E-state index >= 15 is 0 Å². The summed E-state index contributed by atoms with van der Waals surface area (Å²) < 4.78 is 11.0. The summed E-state index contributed by atoms with van der Waals surface area (Å²) in [5, 5.41) is 0. The Labute approximate surface area is 119 Å². The lowest BCUT2D eigenvalue weighted by molar-refractivity contribution is -0.123. The third kappa shape index (κ3) is 4.96. The van der Waals surface area contributed by atoms with Crippen molar-refractivity contribution in [2.24, 2.45) is 0 Å². The Hall–Kier alpha value is -1.97. The van der Waals surface area contributed by atoms with E-state index in [9.17, 15) is 4.79 Å². The van der Waals surface area contributed by atoms with Crippen LogP contribution in [0.5, 0.6) is 0 Å². The molecule has 0 saturated heterocycles. The van der Waals surface area contributed by atoms with Crippen LogP contribution in [0.25, 0.3) is 0 Å². The van der Waals surface area contributed by atoms with E-state index in [-0.39, 0.29) is 6.61 Å². The molecule has 104 valence electrons. The molecular formula is C17H18O3. The number of ether oxygens (including phenoxy) is 2. The maximum atomic E-state index is 11.0. The highest BCUT2D eigenvalue weighted by Crippen LogP contribution is 2.05. The Balaban J connectivity index is 1.71. The highest BCUT2D eigenvalue weighted by atomic mass is 16.5. The lowest BCUT2D eigenvalue weighted by atomic mass is 10.2. The van der Waals surface area contributed by atoms with Gasteiger partial charge in [-0.2, -0.15) is 0 Å². The van der Waals surface area contributed by atoms with Crippen LogP contribution in [-0.2, 0) is 27.5 Å². The number of hydrogen-bond donors (Lipinski definition) is 0. The molecule has 1 atom stereocenters. The van der Waals surface area contributed by atoms with Gasteiger partial charge in [-0.1, -0.05) is 60.7 Å². The van der Waals surface area contributed by atoms with Gasteiger partial charge in [0.25, 0.3) is 0 Å². The second-order valence-corrected chi connectivity index (χ2v) is 4.47. The molecule has 0 amide bonds. The smallest absolute Gasteiger partial charge is 0.151 e. The molecule has 0 aromatic heterocycles. The molecule has 0 aliphatic carbocycles. The fourth-order valence-electron chi connectivity index (χ4n) is 1.77. The number of benzene rings is 2. The standard InChI is InChI=1S/C17H18O3/c18-11-17(20-13-16-9-5-2-6-10-16)14-19-12-15-7-3-1-4-8-15/h1-11,17H,12-14H2/t17-/m0/s1. The normalized spacial score (nSPS) is 12.0. The molecule has 0 fully saturated rings. The van der Waals surface area contributed by atoms with Gasteiger partial charge >= 0.3 is 0 Å². The van der Waals surface area contributed by atoms with Crippen molar-refractivity contribution in [3.8, 4) is 0 Å². The molecule has 0 aliphatic rings. The molecule has 3 nitrogen and oxygen atoms in total. The van der Waals surface area contributed by atoms with Crippen LogP contribution in [-0.4, -0.2) is 19.0 Å². The molecule has 0 saturated carbocycles. The van der Waals surface area contributed by atoms with E-state index < -0.39 is 6.10 Å². The van der Waals surface area contributed by atoms with Gasteiger partial charge in [0.15, 0.2) is 6.29 Å². The fraction of sp³-hybridized carbons (Fsp3) is 0.235. The lowest BCUT2D eigenvalue weighted by Crippen LogP contribution is -2.21. The fourth-order valence-corrected chi connectivity index (χ4v) is 1.77. The first kappa shape index (κ1) is 14.4. The van der Waals surface area contributed by atoms with Crippen LogP contribution in [0, 0.1) is 0 Å². The van der Waals surface area contributed by atoms with E-state index in [0.717, 1.165) is 17.4 Å². The van der Waals surface area contributed by atoms with E-state index in [4.69, 9.17) is 9.47 Å². The summed E-state index contributed by atoms with van der Waals surface area (Å²) in [7, 11) is 0. The van der Waals surface area contributed by atoms with E-state index in [1.807, 2.05) is 60.7 Å². The number of hydrogen-bond acceptors (Lipinski definition) is 3. The summed E-state index contributed by atoms with van der Waals surface area (Å²) in [4.78, 5) is 11.0. The number of carbonyl (C=O) groups excluding carboxylic acids is 1. The Kier molecular flexibility index (Phi) is 5.96.